The van der Waals surface area contributed by atoms with Crippen molar-refractivity contribution in [2.45, 2.75) is 0 Å². The third kappa shape index (κ3) is 2.17. The summed E-state index contributed by atoms with van der Waals surface area (Å²) in [6.45, 7) is 0. The maximum Gasteiger partial charge on any atom is 0.258 e. The van der Waals surface area contributed by atoms with E-state index in [4.69, 9.17) is 21.8 Å². The molecule has 0 radical (unpaired) electrons. The Kier molecular flexibility index (Phi) is 2.83. The zero-order valence-electron chi connectivity index (χ0n) is 8.24. The SMILES string of the molecule is Nc1ccc(NC(=O)c2ccoc2)cc1Cl. The van der Waals surface area contributed by atoms with Gasteiger partial charge < -0.3 is 15.5 Å². The maximum absolute atomic E-state index is 11.6. The number of furan rings is 1. The number of nitrogen functional groups attached to an aromatic ring is 1. The van der Waals surface area contributed by atoms with Gasteiger partial charge in [-0.15, -0.1) is 0 Å². The second-order valence-corrected chi connectivity index (χ2v) is 3.61. The van der Waals surface area contributed by atoms with Gasteiger partial charge in [-0.25, -0.2) is 0 Å². The van der Waals surface area contributed by atoms with Crippen LogP contribution in [0.25, 0.3) is 0 Å². The molecule has 0 aliphatic heterocycles. The highest BCUT2D eigenvalue weighted by atomic mass is 35.5. The minimum absolute atomic E-state index is 0.255. The van der Waals surface area contributed by atoms with E-state index < -0.39 is 0 Å². The maximum atomic E-state index is 11.6. The van der Waals surface area contributed by atoms with E-state index in [1.165, 1.54) is 12.5 Å². The molecule has 0 aliphatic rings. The van der Waals surface area contributed by atoms with Crippen molar-refractivity contribution in [2.75, 3.05) is 11.1 Å². The Morgan fingerprint density at radius 3 is 2.81 bits per heavy atom. The van der Waals surface area contributed by atoms with E-state index in [0.717, 1.165) is 0 Å². The second-order valence-electron chi connectivity index (χ2n) is 3.20. The molecule has 3 N–H and O–H groups in total. The van der Waals surface area contributed by atoms with E-state index in [-0.39, 0.29) is 5.91 Å². The van der Waals surface area contributed by atoms with E-state index >= 15 is 0 Å². The predicted molar refractivity (Wildman–Crippen MR) is 62.5 cm³/mol. The van der Waals surface area contributed by atoms with Crippen LogP contribution in [0.1, 0.15) is 10.4 Å². The third-order valence-electron chi connectivity index (χ3n) is 2.04. The Morgan fingerprint density at radius 1 is 1.38 bits per heavy atom. The van der Waals surface area contributed by atoms with Crippen LogP contribution < -0.4 is 11.1 Å². The van der Waals surface area contributed by atoms with Gasteiger partial charge in [-0.3, -0.25) is 4.79 Å². The van der Waals surface area contributed by atoms with Crippen molar-refractivity contribution < 1.29 is 9.21 Å². The largest absolute Gasteiger partial charge is 0.472 e. The number of hydrogen-bond acceptors (Lipinski definition) is 3. The van der Waals surface area contributed by atoms with Crippen LogP contribution >= 0.6 is 11.6 Å². The number of nitrogens with one attached hydrogen (secondary N) is 1. The molecular weight excluding hydrogens is 228 g/mol. The molecule has 4 nitrogen and oxygen atoms in total. The Balaban J connectivity index is 2.15. The normalized spacial score (nSPS) is 10.1. The van der Waals surface area contributed by atoms with Crippen molar-refractivity contribution in [1.29, 1.82) is 0 Å². The van der Waals surface area contributed by atoms with Gasteiger partial charge in [0.2, 0.25) is 0 Å². The van der Waals surface area contributed by atoms with Crippen LogP contribution in [-0.2, 0) is 0 Å². The highest BCUT2D eigenvalue weighted by Gasteiger charge is 2.07. The Labute approximate surface area is 97.0 Å². The van der Waals surface area contributed by atoms with Gasteiger partial charge in [0, 0.05) is 5.69 Å². The Hall–Kier alpha value is -1.94. The van der Waals surface area contributed by atoms with Crippen LogP contribution in [0.2, 0.25) is 5.02 Å². The molecule has 0 unspecified atom stereocenters. The average Bonchev–Trinajstić information content (AvgIpc) is 2.77. The van der Waals surface area contributed by atoms with Gasteiger partial charge >= 0.3 is 0 Å². The monoisotopic (exact) mass is 236 g/mol. The quantitative estimate of drug-likeness (QED) is 0.788. The van der Waals surface area contributed by atoms with Crippen LogP contribution in [0.5, 0.6) is 0 Å². The number of nitrogens with two attached hydrogens (primary N) is 1. The fraction of sp³-hybridized carbons (Fsp3) is 0. The van der Waals surface area contributed by atoms with Crippen LogP contribution in [0, 0.1) is 0 Å². The van der Waals surface area contributed by atoms with Gasteiger partial charge in [-0.05, 0) is 24.3 Å². The van der Waals surface area contributed by atoms with E-state index in [2.05, 4.69) is 5.32 Å². The zero-order chi connectivity index (χ0) is 11.5. The number of carbonyl (C=O) groups excluding carboxylic acids is 1. The van der Waals surface area contributed by atoms with Gasteiger partial charge in [-0.2, -0.15) is 0 Å². The summed E-state index contributed by atoms with van der Waals surface area (Å²) in [7, 11) is 0. The molecule has 0 spiro atoms. The topological polar surface area (TPSA) is 68.3 Å². The molecule has 0 fully saturated rings. The molecule has 1 amide bonds. The molecule has 1 aromatic heterocycles. The van der Waals surface area contributed by atoms with Gasteiger partial charge in [0.15, 0.2) is 0 Å². The lowest BCUT2D eigenvalue weighted by Gasteiger charge is -2.05. The summed E-state index contributed by atoms with van der Waals surface area (Å²) in [4.78, 5) is 11.6. The van der Waals surface area contributed by atoms with Gasteiger partial charge in [-0.1, -0.05) is 11.6 Å². The molecule has 82 valence electrons. The molecule has 0 saturated heterocycles. The van der Waals surface area contributed by atoms with Crippen molar-refractivity contribution in [2.24, 2.45) is 0 Å². The fourth-order valence-corrected chi connectivity index (χ4v) is 1.38. The summed E-state index contributed by atoms with van der Waals surface area (Å²) in [6.07, 6.45) is 2.80. The van der Waals surface area contributed by atoms with Gasteiger partial charge in [0.1, 0.15) is 6.26 Å². The van der Waals surface area contributed by atoms with E-state index in [9.17, 15) is 4.79 Å². The number of amides is 1. The lowest BCUT2D eigenvalue weighted by Crippen LogP contribution is -2.10. The molecule has 0 bridgehead atoms. The Bertz CT molecular complexity index is 509. The average molecular weight is 237 g/mol. The number of anilines is 2. The van der Waals surface area contributed by atoms with Crippen molar-refractivity contribution in [3.05, 3.63) is 47.4 Å². The molecule has 0 aliphatic carbocycles. The summed E-state index contributed by atoms with van der Waals surface area (Å²) in [5, 5.41) is 3.08. The van der Waals surface area contributed by atoms with Gasteiger partial charge in [0.25, 0.3) is 5.91 Å². The second kappa shape index (κ2) is 4.28. The molecule has 16 heavy (non-hydrogen) atoms. The number of benzene rings is 1. The molecule has 5 heteroatoms. The van der Waals surface area contributed by atoms with Crippen LogP contribution in [0.15, 0.2) is 41.2 Å². The summed E-state index contributed by atoms with van der Waals surface area (Å²) in [5.74, 6) is -0.255. The van der Waals surface area contributed by atoms with Gasteiger partial charge in [0.05, 0.1) is 22.5 Å². The fourth-order valence-electron chi connectivity index (χ4n) is 1.20. The first-order valence-electron chi connectivity index (χ1n) is 4.55. The summed E-state index contributed by atoms with van der Waals surface area (Å²) in [6, 6.07) is 6.48. The van der Waals surface area contributed by atoms with Crippen LogP contribution in [-0.4, -0.2) is 5.91 Å². The van der Waals surface area contributed by atoms with Crippen molar-refractivity contribution in [3.63, 3.8) is 0 Å². The molecule has 1 heterocycles. The van der Waals surface area contributed by atoms with Crippen molar-refractivity contribution in [3.8, 4) is 0 Å². The van der Waals surface area contributed by atoms with Crippen molar-refractivity contribution in [1.82, 2.24) is 0 Å². The zero-order valence-corrected chi connectivity index (χ0v) is 8.99. The molecule has 1 aromatic carbocycles. The minimum Gasteiger partial charge on any atom is -0.472 e. The standard InChI is InChI=1S/C11H9ClN2O2/c12-9-5-8(1-2-10(9)13)14-11(15)7-3-4-16-6-7/h1-6H,13H2,(H,14,15). The highest BCUT2D eigenvalue weighted by molar-refractivity contribution is 6.33. The third-order valence-corrected chi connectivity index (χ3v) is 2.37. The van der Waals surface area contributed by atoms with E-state index in [1.54, 1.807) is 24.3 Å². The molecule has 2 rings (SSSR count). The van der Waals surface area contributed by atoms with Crippen LogP contribution in [0.4, 0.5) is 11.4 Å². The first kappa shape index (κ1) is 10.6. The predicted octanol–water partition coefficient (Wildman–Crippen LogP) is 2.77. The highest BCUT2D eigenvalue weighted by Crippen LogP contribution is 2.22. The number of rotatable bonds is 2. The summed E-state index contributed by atoms with van der Waals surface area (Å²) >= 11 is 5.83. The lowest BCUT2D eigenvalue weighted by molar-refractivity contribution is 0.102. The molecule has 0 atom stereocenters. The Morgan fingerprint density at radius 2 is 2.19 bits per heavy atom. The minimum atomic E-state index is -0.255. The smallest absolute Gasteiger partial charge is 0.258 e. The number of carbonyl (C=O) groups is 1. The first-order valence-corrected chi connectivity index (χ1v) is 4.93. The molecule has 0 saturated carbocycles. The lowest BCUT2D eigenvalue weighted by atomic mass is 10.2. The molecular formula is C11H9ClN2O2. The summed E-state index contributed by atoms with van der Waals surface area (Å²) in [5.41, 5.74) is 7.07. The number of hydrogen-bond donors (Lipinski definition) is 2. The summed E-state index contributed by atoms with van der Waals surface area (Å²) < 4.78 is 4.81. The van der Waals surface area contributed by atoms with E-state index in [1.807, 2.05) is 0 Å². The van der Waals surface area contributed by atoms with E-state index in [0.29, 0.717) is 22.0 Å². The van der Waals surface area contributed by atoms with Crippen molar-refractivity contribution >= 4 is 28.9 Å². The first-order chi connectivity index (χ1) is 7.66. The number of halogens is 1. The van der Waals surface area contributed by atoms with Crippen LogP contribution in [0.3, 0.4) is 0 Å². The molecule has 2 aromatic rings.